The van der Waals surface area contributed by atoms with E-state index in [4.69, 9.17) is 27.9 Å². The van der Waals surface area contributed by atoms with Crippen LogP contribution in [0.25, 0.3) is 0 Å². The maximum absolute atomic E-state index is 13.0. The van der Waals surface area contributed by atoms with Crippen LogP contribution in [0.1, 0.15) is 18.5 Å². The van der Waals surface area contributed by atoms with Crippen molar-refractivity contribution < 1.29 is 14.3 Å². The van der Waals surface area contributed by atoms with E-state index in [1.807, 2.05) is 0 Å². The average molecular weight is 392 g/mol. The Labute approximate surface area is 159 Å². The van der Waals surface area contributed by atoms with Crippen molar-refractivity contribution in [2.45, 2.75) is 18.7 Å². The predicted octanol–water partition coefficient (Wildman–Crippen LogP) is 3.71. The van der Waals surface area contributed by atoms with E-state index in [0.29, 0.717) is 27.0 Å². The van der Waals surface area contributed by atoms with Crippen LogP contribution in [0, 0.1) is 5.92 Å². The van der Waals surface area contributed by atoms with Crippen LogP contribution in [-0.4, -0.2) is 17.7 Å². The fourth-order valence-electron chi connectivity index (χ4n) is 3.47. The molecule has 4 rings (SSSR count). The molecule has 1 saturated heterocycles. The second kappa shape index (κ2) is 6.07. The highest BCUT2D eigenvalue weighted by Crippen LogP contribution is 2.45. The first-order valence-corrected chi connectivity index (χ1v) is 8.75. The number of anilines is 1. The van der Waals surface area contributed by atoms with Crippen molar-refractivity contribution in [2.75, 3.05) is 5.32 Å². The Hall–Kier alpha value is -2.44. The molecule has 1 fully saturated rings. The van der Waals surface area contributed by atoms with Crippen LogP contribution < -0.4 is 20.7 Å². The molecular formula is C18H15Cl2N3O3. The Morgan fingerprint density at radius 1 is 1.15 bits per heavy atom. The topological polar surface area (TPSA) is 79.5 Å². The van der Waals surface area contributed by atoms with Gasteiger partial charge in [-0.2, -0.15) is 0 Å². The Bertz CT molecular complexity index is 903. The molecule has 0 saturated carbocycles. The van der Waals surface area contributed by atoms with Gasteiger partial charge in [-0.05, 0) is 49.4 Å². The minimum absolute atomic E-state index is 0.294. The van der Waals surface area contributed by atoms with Gasteiger partial charge in [0.25, 0.3) is 0 Å². The number of carbonyl (C=O) groups is 2. The molecule has 3 unspecified atom stereocenters. The molecule has 3 atom stereocenters. The van der Waals surface area contributed by atoms with Gasteiger partial charge in [-0.25, -0.2) is 4.79 Å². The van der Waals surface area contributed by atoms with Crippen molar-refractivity contribution in [3.05, 3.63) is 58.1 Å². The summed E-state index contributed by atoms with van der Waals surface area (Å²) in [5.74, 6) is -0.426. The number of rotatable bonds is 2. The lowest BCUT2D eigenvalue weighted by molar-refractivity contribution is -0.133. The van der Waals surface area contributed by atoms with Gasteiger partial charge >= 0.3 is 6.03 Å². The van der Waals surface area contributed by atoms with E-state index >= 15 is 0 Å². The predicted molar refractivity (Wildman–Crippen MR) is 98.5 cm³/mol. The van der Waals surface area contributed by atoms with Gasteiger partial charge in [0.2, 0.25) is 5.91 Å². The van der Waals surface area contributed by atoms with Gasteiger partial charge in [0.1, 0.15) is 11.7 Å². The first-order chi connectivity index (χ1) is 12.4. The molecule has 8 heteroatoms. The number of fused-ring (bicyclic) bond motifs is 4. The van der Waals surface area contributed by atoms with Crippen molar-refractivity contribution in [2.24, 2.45) is 5.92 Å². The van der Waals surface area contributed by atoms with E-state index in [9.17, 15) is 9.59 Å². The summed E-state index contributed by atoms with van der Waals surface area (Å²) in [6.07, 6.45) is 0. The Morgan fingerprint density at radius 3 is 2.58 bits per heavy atom. The minimum atomic E-state index is -1.19. The van der Waals surface area contributed by atoms with Crippen LogP contribution in [0.4, 0.5) is 10.5 Å². The van der Waals surface area contributed by atoms with Crippen LogP contribution in [-0.2, 0) is 4.79 Å². The monoisotopic (exact) mass is 391 g/mol. The summed E-state index contributed by atoms with van der Waals surface area (Å²) in [5.41, 5.74) is 0.0787. The van der Waals surface area contributed by atoms with Crippen molar-refractivity contribution >= 4 is 40.8 Å². The zero-order chi connectivity index (χ0) is 18.5. The highest BCUT2D eigenvalue weighted by molar-refractivity contribution is 6.31. The van der Waals surface area contributed by atoms with E-state index in [2.05, 4.69) is 16.0 Å². The first kappa shape index (κ1) is 17.0. The summed E-state index contributed by atoms with van der Waals surface area (Å²) in [5, 5.41) is 9.46. The zero-order valence-electron chi connectivity index (χ0n) is 13.7. The van der Waals surface area contributed by atoms with Crippen molar-refractivity contribution in [3.8, 4) is 5.75 Å². The van der Waals surface area contributed by atoms with Gasteiger partial charge in [0.05, 0.1) is 6.04 Å². The molecule has 0 aromatic heterocycles. The molecule has 2 aromatic rings. The van der Waals surface area contributed by atoms with Gasteiger partial charge in [-0.3, -0.25) is 10.1 Å². The van der Waals surface area contributed by atoms with E-state index in [1.165, 1.54) is 0 Å². The highest BCUT2D eigenvalue weighted by atomic mass is 35.5. The second-order valence-corrected chi connectivity index (χ2v) is 7.31. The SMILES string of the molecule is CC12NC(=O)NC(c3cc(Cl)ccc3O1)C2C(=O)Nc1ccc(Cl)cc1. The fourth-order valence-corrected chi connectivity index (χ4v) is 3.77. The van der Waals surface area contributed by atoms with Crippen LogP contribution in [0.5, 0.6) is 5.75 Å². The summed E-state index contributed by atoms with van der Waals surface area (Å²) in [6, 6.07) is 11.0. The molecule has 6 nitrogen and oxygen atoms in total. The largest absolute Gasteiger partial charge is 0.467 e. The number of benzene rings is 2. The summed E-state index contributed by atoms with van der Waals surface area (Å²) in [6.45, 7) is 1.68. The number of hydrogen-bond donors (Lipinski definition) is 3. The Kier molecular flexibility index (Phi) is 3.97. The molecule has 3 N–H and O–H groups in total. The van der Waals surface area contributed by atoms with E-state index in [0.717, 1.165) is 0 Å². The number of ether oxygens (including phenoxy) is 1. The quantitative estimate of drug-likeness (QED) is 0.729. The van der Waals surface area contributed by atoms with Gasteiger partial charge < -0.3 is 15.4 Å². The maximum atomic E-state index is 13.0. The van der Waals surface area contributed by atoms with Gasteiger partial charge in [-0.15, -0.1) is 0 Å². The van der Waals surface area contributed by atoms with Gasteiger partial charge in [0, 0.05) is 21.3 Å². The smallest absolute Gasteiger partial charge is 0.318 e. The molecule has 26 heavy (non-hydrogen) atoms. The summed E-state index contributed by atoms with van der Waals surface area (Å²) in [7, 11) is 0. The maximum Gasteiger partial charge on any atom is 0.318 e. The number of halogens is 2. The molecule has 2 aromatic carbocycles. The second-order valence-electron chi connectivity index (χ2n) is 6.44. The van der Waals surface area contributed by atoms with Crippen molar-refractivity contribution in [1.29, 1.82) is 0 Å². The number of amides is 3. The lowest BCUT2D eigenvalue weighted by atomic mass is 9.80. The molecule has 2 heterocycles. The molecule has 2 aliphatic rings. The normalized spacial score (nSPS) is 26.0. The summed E-state index contributed by atoms with van der Waals surface area (Å²) < 4.78 is 5.99. The minimum Gasteiger partial charge on any atom is -0.467 e. The lowest BCUT2D eigenvalue weighted by Crippen LogP contribution is -2.70. The summed E-state index contributed by atoms with van der Waals surface area (Å²) >= 11 is 12.0. The molecule has 0 spiro atoms. The molecule has 3 amide bonds. The number of urea groups is 1. The third-order valence-corrected chi connectivity index (χ3v) is 5.09. The molecule has 0 aliphatic carbocycles. The highest BCUT2D eigenvalue weighted by Gasteiger charge is 2.55. The first-order valence-electron chi connectivity index (χ1n) is 7.99. The lowest BCUT2D eigenvalue weighted by Gasteiger charge is -2.49. The van der Waals surface area contributed by atoms with Crippen LogP contribution in [0.3, 0.4) is 0 Å². The molecule has 2 aliphatic heterocycles. The molecule has 2 bridgehead atoms. The molecule has 134 valence electrons. The van der Waals surface area contributed by atoms with E-state index in [-0.39, 0.29) is 5.91 Å². The Morgan fingerprint density at radius 2 is 1.85 bits per heavy atom. The van der Waals surface area contributed by atoms with Crippen LogP contribution in [0.2, 0.25) is 10.0 Å². The summed E-state index contributed by atoms with van der Waals surface area (Å²) in [4.78, 5) is 25.1. The third kappa shape index (κ3) is 2.85. The molecule has 0 radical (unpaired) electrons. The number of nitrogens with one attached hydrogen (secondary N) is 3. The zero-order valence-corrected chi connectivity index (χ0v) is 15.2. The van der Waals surface area contributed by atoms with Crippen molar-refractivity contribution in [3.63, 3.8) is 0 Å². The third-order valence-electron chi connectivity index (χ3n) is 4.60. The van der Waals surface area contributed by atoms with E-state index < -0.39 is 23.7 Å². The average Bonchev–Trinajstić information content (AvgIpc) is 2.56. The van der Waals surface area contributed by atoms with Gasteiger partial charge in [-0.1, -0.05) is 23.2 Å². The Balaban J connectivity index is 1.71. The number of hydrogen-bond acceptors (Lipinski definition) is 3. The van der Waals surface area contributed by atoms with Crippen molar-refractivity contribution in [1.82, 2.24) is 10.6 Å². The standard InChI is InChI=1S/C18H15Cl2N3O3/c1-18-14(16(24)21-11-5-2-9(19)3-6-11)15(22-17(25)23-18)12-8-10(20)4-7-13(12)26-18/h2-8,14-15H,1H3,(H,21,24)(H2,22,23,25). The van der Waals surface area contributed by atoms with Gasteiger partial charge in [0.15, 0.2) is 5.72 Å². The molecular weight excluding hydrogens is 377 g/mol. The van der Waals surface area contributed by atoms with Crippen LogP contribution in [0.15, 0.2) is 42.5 Å². The van der Waals surface area contributed by atoms with E-state index in [1.54, 1.807) is 49.4 Å². The fraction of sp³-hybridized carbons (Fsp3) is 0.222. The number of carbonyl (C=O) groups excluding carboxylic acids is 2. The van der Waals surface area contributed by atoms with Crippen LogP contribution >= 0.6 is 23.2 Å².